The first-order valence-electron chi connectivity index (χ1n) is 6.48. The summed E-state index contributed by atoms with van der Waals surface area (Å²) in [5, 5.41) is 4.18. The fraction of sp³-hybridized carbons (Fsp3) is 0.462. The molecule has 2 aromatic rings. The standard InChI is InChI=1S/C13H15F2N3O3/c1-4-18-8(6-7(3)17-18)12-16-9(11(14)15)10(21-12)13(19)20-5-2/h6,11H,4-5H2,1-3H3. The van der Waals surface area contributed by atoms with E-state index in [9.17, 15) is 13.6 Å². The third-order valence-corrected chi connectivity index (χ3v) is 2.74. The molecule has 0 unspecified atom stereocenters. The summed E-state index contributed by atoms with van der Waals surface area (Å²) in [4.78, 5) is 15.4. The first kappa shape index (κ1) is 15.1. The zero-order valence-corrected chi connectivity index (χ0v) is 11.9. The molecule has 0 aliphatic heterocycles. The van der Waals surface area contributed by atoms with Crippen molar-refractivity contribution in [2.45, 2.75) is 33.7 Å². The summed E-state index contributed by atoms with van der Waals surface area (Å²) in [6.45, 7) is 5.76. The number of aromatic nitrogens is 3. The molecule has 0 aliphatic rings. The molecule has 2 aromatic heterocycles. The van der Waals surface area contributed by atoms with Crippen molar-refractivity contribution in [1.82, 2.24) is 14.8 Å². The predicted molar refractivity (Wildman–Crippen MR) is 69.0 cm³/mol. The van der Waals surface area contributed by atoms with Gasteiger partial charge in [-0.3, -0.25) is 4.68 Å². The highest BCUT2D eigenvalue weighted by Crippen LogP contribution is 2.29. The van der Waals surface area contributed by atoms with Crippen molar-refractivity contribution in [3.05, 3.63) is 23.2 Å². The number of carbonyl (C=O) groups excluding carboxylic acids is 1. The van der Waals surface area contributed by atoms with Crippen LogP contribution in [0, 0.1) is 6.92 Å². The van der Waals surface area contributed by atoms with Gasteiger partial charge in [0.1, 0.15) is 5.69 Å². The van der Waals surface area contributed by atoms with Gasteiger partial charge in [-0.05, 0) is 26.8 Å². The monoisotopic (exact) mass is 299 g/mol. The third kappa shape index (κ3) is 2.93. The summed E-state index contributed by atoms with van der Waals surface area (Å²) < 4.78 is 37.5. The normalized spacial score (nSPS) is 11.1. The van der Waals surface area contributed by atoms with E-state index in [0.717, 1.165) is 0 Å². The van der Waals surface area contributed by atoms with Gasteiger partial charge >= 0.3 is 5.97 Å². The first-order chi connectivity index (χ1) is 9.97. The van der Waals surface area contributed by atoms with Gasteiger partial charge in [-0.25, -0.2) is 18.6 Å². The van der Waals surface area contributed by atoms with Crippen molar-refractivity contribution in [2.24, 2.45) is 0 Å². The van der Waals surface area contributed by atoms with Crippen LogP contribution in [0.3, 0.4) is 0 Å². The fourth-order valence-electron chi connectivity index (χ4n) is 1.89. The van der Waals surface area contributed by atoms with E-state index in [0.29, 0.717) is 17.9 Å². The molecule has 6 nitrogen and oxygen atoms in total. The number of ether oxygens (including phenoxy) is 1. The number of hydrogen-bond acceptors (Lipinski definition) is 5. The molecule has 0 saturated heterocycles. The average Bonchev–Trinajstić information content (AvgIpc) is 3.02. The molecule has 8 heteroatoms. The molecule has 0 fully saturated rings. The number of hydrogen-bond donors (Lipinski definition) is 0. The molecule has 0 radical (unpaired) electrons. The quantitative estimate of drug-likeness (QED) is 0.794. The topological polar surface area (TPSA) is 70.2 Å². The largest absolute Gasteiger partial charge is 0.460 e. The lowest BCUT2D eigenvalue weighted by Gasteiger charge is -2.00. The Morgan fingerprint density at radius 1 is 1.48 bits per heavy atom. The van der Waals surface area contributed by atoms with Gasteiger partial charge in [-0.2, -0.15) is 5.10 Å². The lowest BCUT2D eigenvalue weighted by atomic mass is 10.3. The minimum absolute atomic E-state index is 0.0591. The lowest BCUT2D eigenvalue weighted by molar-refractivity contribution is 0.0476. The van der Waals surface area contributed by atoms with E-state index in [1.807, 2.05) is 6.92 Å². The van der Waals surface area contributed by atoms with E-state index in [1.165, 1.54) is 0 Å². The number of oxazole rings is 1. The van der Waals surface area contributed by atoms with Crippen LogP contribution in [0.15, 0.2) is 10.5 Å². The zero-order chi connectivity index (χ0) is 15.6. The van der Waals surface area contributed by atoms with Crippen molar-refractivity contribution in [1.29, 1.82) is 0 Å². The van der Waals surface area contributed by atoms with E-state index < -0.39 is 23.8 Å². The van der Waals surface area contributed by atoms with Gasteiger partial charge in [0, 0.05) is 6.54 Å². The van der Waals surface area contributed by atoms with Crippen LogP contribution in [0.5, 0.6) is 0 Å². The maximum atomic E-state index is 13.0. The van der Waals surface area contributed by atoms with E-state index in [4.69, 9.17) is 9.15 Å². The van der Waals surface area contributed by atoms with Crippen molar-refractivity contribution < 1.29 is 22.7 Å². The minimum atomic E-state index is -2.93. The summed E-state index contributed by atoms with van der Waals surface area (Å²) in [6.07, 6.45) is -2.93. The van der Waals surface area contributed by atoms with Crippen LogP contribution < -0.4 is 0 Å². The Kier molecular flexibility index (Phi) is 4.35. The van der Waals surface area contributed by atoms with Crippen molar-refractivity contribution in [3.63, 3.8) is 0 Å². The number of alkyl halides is 2. The fourth-order valence-corrected chi connectivity index (χ4v) is 1.89. The molecule has 2 heterocycles. The molecule has 0 bridgehead atoms. The number of nitrogens with zero attached hydrogens (tertiary/aromatic N) is 3. The minimum Gasteiger partial charge on any atom is -0.460 e. The van der Waals surface area contributed by atoms with Gasteiger partial charge in [0.2, 0.25) is 11.7 Å². The van der Waals surface area contributed by atoms with E-state index in [2.05, 4.69) is 10.1 Å². The molecule has 0 saturated carbocycles. The molecular formula is C13H15F2N3O3. The number of halogens is 2. The molecule has 0 amide bonds. The number of carbonyl (C=O) groups is 1. The molecule has 0 aliphatic carbocycles. The smallest absolute Gasteiger partial charge is 0.376 e. The van der Waals surface area contributed by atoms with Gasteiger partial charge in [-0.15, -0.1) is 0 Å². The van der Waals surface area contributed by atoms with Crippen LogP contribution >= 0.6 is 0 Å². The van der Waals surface area contributed by atoms with Gasteiger partial charge < -0.3 is 9.15 Å². The van der Waals surface area contributed by atoms with Gasteiger partial charge in [0.15, 0.2) is 5.69 Å². The summed E-state index contributed by atoms with van der Waals surface area (Å²) >= 11 is 0. The Balaban J connectivity index is 2.50. The average molecular weight is 299 g/mol. The molecule has 21 heavy (non-hydrogen) atoms. The molecule has 0 spiro atoms. The SMILES string of the molecule is CCOC(=O)c1oc(-c2cc(C)nn2CC)nc1C(F)F. The van der Waals surface area contributed by atoms with Gasteiger partial charge in [0.05, 0.1) is 12.3 Å². The molecule has 2 rings (SSSR count). The summed E-state index contributed by atoms with van der Waals surface area (Å²) in [5.74, 6) is -1.59. The summed E-state index contributed by atoms with van der Waals surface area (Å²) in [5.41, 5.74) is 0.415. The highest BCUT2D eigenvalue weighted by molar-refractivity contribution is 5.88. The van der Waals surface area contributed by atoms with Gasteiger partial charge in [-0.1, -0.05) is 0 Å². The molecule has 0 aromatic carbocycles. The van der Waals surface area contributed by atoms with Crippen molar-refractivity contribution in [2.75, 3.05) is 6.61 Å². The van der Waals surface area contributed by atoms with E-state index >= 15 is 0 Å². The first-order valence-corrected chi connectivity index (χ1v) is 6.48. The Bertz CT molecular complexity index is 649. The van der Waals surface area contributed by atoms with Crippen LogP contribution in [0.4, 0.5) is 8.78 Å². The molecular weight excluding hydrogens is 284 g/mol. The maximum absolute atomic E-state index is 13.0. The van der Waals surface area contributed by atoms with Crippen molar-refractivity contribution >= 4 is 5.97 Å². The Morgan fingerprint density at radius 2 is 2.19 bits per heavy atom. The van der Waals surface area contributed by atoms with Gasteiger partial charge in [0.25, 0.3) is 6.43 Å². The van der Waals surface area contributed by atoms with E-state index in [1.54, 1.807) is 24.6 Å². The predicted octanol–water partition coefficient (Wildman–Crippen LogP) is 2.98. The molecule has 0 N–H and O–H groups in total. The highest BCUT2D eigenvalue weighted by atomic mass is 19.3. The Labute approximate surface area is 119 Å². The Hall–Kier alpha value is -2.25. The van der Waals surface area contributed by atoms with Crippen LogP contribution in [-0.2, 0) is 11.3 Å². The lowest BCUT2D eigenvalue weighted by Crippen LogP contribution is -2.06. The zero-order valence-electron chi connectivity index (χ0n) is 11.9. The maximum Gasteiger partial charge on any atom is 0.376 e. The summed E-state index contributed by atoms with van der Waals surface area (Å²) in [7, 11) is 0. The molecule has 0 atom stereocenters. The number of rotatable bonds is 5. The molecule has 114 valence electrons. The number of aryl methyl sites for hydroxylation is 2. The summed E-state index contributed by atoms with van der Waals surface area (Å²) in [6, 6.07) is 1.65. The third-order valence-electron chi connectivity index (χ3n) is 2.74. The second kappa shape index (κ2) is 6.02. The second-order valence-electron chi connectivity index (χ2n) is 4.24. The van der Waals surface area contributed by atoms with Crippen LogP contribution in [0.25, 0.3) is 11.6 Å². The van der Waals surface area contributed by atoms with Crippen LogP contribution in [0.1, 0.15) is 42.2 Å². The second-order valence-corrected chi connectivity index (χ2v) is 4.24. The number of esters is 1. The van der Waals surface area contributed by atoms with Crippen LogP contribution in [-0.4, -0.2) is 27.3 Å². The van der Waals surface area contributed by atoms with E-state index in [-0.39, 0.29) is 12.5 Å². The van der Waals surface area contributed by atoms with Crippen molar-refractivity contribution in [3.8, 4) is 11.6 Å². The highest BCUT2D eigenvalue weighted by Gasteiger charge is 2.29. The van der Waals surface area contributed by atoms with Crippen LogP contribution in [0.2, 0.25) is 0 Å². The Morgan fingerprint density at radius 3 is 2.76 bits per heavy atom.